The molecule has 0 saturated carbocycles. The number of halogens is 2. The van der Waals surface area contributed by atoms with Gasteiger partial charge in [-0.25, -0.2) is 0 Å². The number of alkyl halides is 1. The molecule has 0 aliphatic carbocycles. The fraction of sp³-hybridized carbons (Fsp3) is 0.714. The standard InChI is InChI=1S/C7H11ClN2O2.ClH/c8-4-6(11)10-3-1-2-5(10)7(9)12;/h5H,1-4H2,(H2,9,12);1H/t5-;/m0./s1. The molecule has 0 bridgehead atoms. The molecule has 1 fully saturated rings. The van der Waals surface area contributed by atoms with E-state index in [0.717, 1.165) is 6.42 Å². The summed E-state index contributed by atoms with van der Waals surface area (Å²) in [7, 11) is 0. The van der Waals surface area contributed by atoms with Gasteiger partial charge in [0.15, 0.2) is 0 Å². The smallest absolute Gasteiger partial charge is 0.240 e. The van der Waals surface area contributed by atoms with Crippen molar-refractivity contribution < 1.29 is 9.59 Å². The largest absolute Gasteiger partial charge is 0.368 e. The van der Waals surface area contributed by atoms with Crippen LogP contribution in [0.25, 0.3) is 0 Å². The van der Waals surface area contributed by atoms with Crippen LogP contribution in [-0.2, 0) is 9.59 Å². The lowest BCUT2D eigenvalue weighted by Crippen LogP contribution is -2.44. The Morgan fingerprint density at radius 1 is 1.54 bits per heavy atom. The summed E-state index contributed by atoms with van der Waals surface area (Å²) < 4.78 is 0. The number of rotatable bonds is 2. The molecular formula is C7H12Cl2N2O2. The maximum Gasteiger partial charge on any atom is 0.240 e. The molecule has 0 unspecified atom stereocenters. The number of likely N-dealkylation sites (tertiary alicyclic amines) is 1. The van der Waals surface area contributed by atoms with Gasteiger partial charge in [-0.1, -0.05) is 0 Å². The van der Waals surface area contributed by atoms with Crippen molar-refractivity contribution in [3.8, 4) is 0 Å². The highest BCUT2D eigenvalue weighted by Gasteiger charge is 2.31. The van der Waals surface area contributed by atoms with Crippen molar-refractivity contribution in [2.45, 2.75) is 18.9 Å². The number of carbonyl (C=O) groups excluding carboxylic acids is 2. The van der Waals surface area contributed by atoms with Crippen molar-refractivity contribution in [2.75, 3.05) is 12.4 Å². The van der Waals surface area contributed by atoms with Gasteiger partial charge in [0, 0.05) is 6.54 Å². The molecule has 2 N–H and O–H groups in total. The Kier molecular flexibility index (Phi) is 5.10. The first kappa shape index (κ1) is 12.5. The van der Waals surface area contributed by atoms with E-state index in [9.17, 15) is 9.59 Å². The Bertz CT molecular complexity index is 211. The topological polar surface area (TPSA) is 63.4 Å². The molecule has 1 heterocycles. The van der Waals surface area contributed by atoms with Crippen molar-refractivity contribution in [1.82, 2.24) is 4.90 Å². The average Bonchev–Trinajstić information content (AvgIpc) is 2.50. The van der Waals surface area contributed by atoms with E-state index in [0.29, 0.717) is 13.0 Å². The quantitative estimate of drug-likeness (QED) is 0.681. The van der Waals surface area contributed by atoms with Crippen molar-refractivity contribution in [2.24, 2.45) is 5.73 Å². The Balaban J connectivity index is 0.00000144. The maximum absolute atomic E-state index is 11.1. The second kappa shape index (κ2) is 5.29. The molecular weight excluding hydrogens is 215 g/mol. The maximum atomic E-state index is 11.1. The molecule has 1 rings (SSSR count). The van der Waals surface area contributed by atoms with E-state index in [4.69, 9.17) is 17.3 Å². The summed E-state index contributed by atoms with van der Waals surface area (Å²) in [6, 6.07) is -0.434. The van der Waals surface area contributed by atoms with Gasteiger partial charge < -0.3 is 10.6 Å². The molecule has 76 valence electrons. The first-order chi connectivity index (χ1) is 5.66. The number of nitrogens with two attached hydrogens (primary N) is 1. The van der Waals surface area contributed by atoms with Gasteiger partial charge in [-0.3, -0.25) is 9.59 Å². The van der Waals surface area contributed by atoms with E-state index < -0.39 is 11.9 Å². The molecule has 13 heavy (non-hydrogen) atoms. The molecule has 1 atom stereocenters. The lowest BCUT2D eigenvalue weighted by Gasteiger charge is -2.20. The van der Waals surface area contributed by atoms with Crippen molar-refractivity contribution in [3.63, 3.8) is 0 Å². The number of amides is 2. The second-order valence-corrected chi connectivity index (χ2v) is 3.05. The molecule has 1 aliphatic heterocycles. The predicted octanol–water partition coefficient (Wildman–Crippen LogP) is 0.123. The molecule has 2 amide bonds. The molecule has 0 aromatic carbocycles. The minimum atomic E-state index is -0.439. The zero-order valence-corrected chi connectivity index (χ0v) is 8.61. The highest BCUT2D eigenvalue weighted by atomic mass is 35.5. The summed E-state index contributed by atoms with van der Waals surface area (Å²) in [5.41, 5.74) is 5.10. The van der Waals surface area contributed by atoms with Gasteiger partial charge in [-0.15, -0.1) is 24.0 Å². The first-order valence-electron chi connectivity index (χ1n) is 3.81. The molecule has 0 spiro atoms. The minimum Gasteiger partial charge on any atom is -0.368 e. The number of carbonyl (C=O) groups is 2. The SMILES string of the molecule is Cl.NC(=O)[C@@H]1CCCN1C(=O)CCl. The zero-order chi connectivity index (χ0) is 9.14. The second-order valence-electron chi connectivity index (χ2n) is 2.78. The Labute approximate surface area is 87.8 Å². The Morgan fingerprint density at radius 2 is 2.15 bits per heavy atom. The van der Waals surface area contributed by atoms with Crippen molar-refractivity contribution >= 4 is 35.8 Å². The summed E-state index contributed by atoms with van der Waals surface area (Å²) in [6.45, 7) is 0.596. The third-order valence-electron chi connectivity index (χ3n) is 2.02. The fourth-order valence-corrected chi connectivity index (χ4v) is 1.59. The van der Waals surface area contributed by atoms with Crippen LogP contribution >= 0.6 is 24.0 Å². The number of hydrogen-bond donors (Lipinski definition) is 1. The lowest BCUT2D eigenvalue weighted by atomic mass is 10.2. The molecule has 4 nitrogen and oxygen atoms in total. The normalized spacial score (nSPS) is 21.0. The van der Waals surface area contributed by atoms with Crippen LogP contribution in [0, 0.1) is 0 Å². The van der Waals surface area contributed by atoms with Gasteiger partial charge in [-0.05, 0) is 12.8 Å². The molecule has 1 aliphatic rings. The molecule has 0 radical (unpaired) electrons. The van der Waals surface area contributed by atoms with Gasteiger partial charge in [0.2, 0.25) is 11.8 Å². The number of primary amides is 1. The lowest BCUT2D eigenvalue weighted by molar-refractivity contribution is -0.135. The van der Waals surface area contributed by atoms with E-state index in [1.54, 1.807) is 0 Å². The van der Waals surface area contributed by atoms with Gasteiger partial charge in [-0.2, -0.15) is 0 Å². The van der Waals surface area contributed by atoms with E-state index in [2.05, 4.69) is 0 Å². The van der Waals surface area contributed by atoms with Gasteiger partial charge in [0.25, 0.3) is 0 Å². The number of nitrogens with zero attached hydrogens (tertiary/aromatic N) is 1. The monoisotopic (exact) mass is 226 g/mol. The van der Waals surface area contributed by atoms with Crippen LogP contribution in [0.3, 0.4) is 0 Å². The zero-order valence-electron chi connectivity index (χ0n) is 7.03. The van der Waals surface area contributed by atoms with Crippen LogP contribution in [0.15, 0.2) is 0 Å². The van der Waals surface area contributed by atoms with Crippen LogP contribution in [-0.4, -0.2) is 35.2 Å². The summed E-state index contributed by atoms with van der Waals surface area (Å²) >= 11 is 5.36. The van der Waals surface area contributed by atoms with Gasteiger partial charge >= 0.3 is 0 Å². The van der Waals surface area contributed by atoms with E-state index >= 15 is 0 Å². The van der Waals surface area contributed by atoms with Crippen LogP contribution in [0.1, 0.15) is 12.8 Å². The van der Waals surface area contributed by atoms with Crippen molar-refractivity contribution in [1.29, 1.82) is 0 Å². The Morgan fingerprint density at radius 3 is 2.62 bits per heavy atom. The Hall–Kier alpha value is -0.480. The van der Waals surface area contributed by atoms with E-state index in [1.807, 2.05) is 0 Å². The summed E-state index contributed by atoms with van der Waals surface area (Å²) in [5.74, 6) is -0.729. The van der Waals surface area contributed by atoms with Gasteiger partial charge in [0.1, 0.15) is 11.9 Å². The van der Waals surface area contributed by atoms with E-state index in [1.165, 1.54) is 4.90 Å². The molecule has 6 heteroatoms. The fourth-order valence-electron chi connectivity index (χ4n) is 1.44. The third kappa shape index (κ3) is 2.74. The van der Waals surface area contributed by atoms with Gasteiger partial charge in [0.05, 0.1) is 0 Å². The number of hydrogen-bond acceptors (Lipinski definition) is 2. The third-order valence-corrected chi connectivity index (χ3v) is 2.24. The van der Waals surface area contributed by atoms with E-state index in [-0.39, 0.29) is 24.2 Å². The minimum absolute atomic E-state index is 0. The molecule has 1 saturated heterocycles. The molecule has 0 aromatic heterocycles. The first-order valence-corrected chi connectivity index (χ1v) is 4.35. The average molecular weight is 227 g/mol. The summed E-state index contributed by atoms with van der Waals surface area (Å²) in [4.78, 5) is 23.4. The van der Waals surface area contributed by atoms with Crippen LogP contribution < -0.4 is 5.73 Å². The summed E-state index contributed by atoms with van der Waals surface area (Å²) in [5, 5.41) is 0. The van der Waals surface area contributed by atoms with Crippen LogP contribution in [0.4, 0.5) is 0 Å². The van der Waals surface area contributed by atoms with Crippen LogP contribution in [0.5, 0.6) is 0 Å². The predicted molar refractivity (Wildman–Crippen MR) is 51.9 cm³/mol. The highest BCUT2D eigenvalue weighted by Crippen LogP contribution is 2.16. The summed E-state index contributed by atoms with van der Waals surface area (Å²) in [6.07, 6.45) is 1.49. The van der Waals surface area contributed by atoms with Crippen molar-refractivity contribution in [3.05, 3.63) is 0 Å². The van der Waals surface area contributed by atoms with Crippen LogP contribution in [0.2, 0.25) is 0 Å². The molecule has 0 aromatic rings. The highest BCUT2D eigenvalue weighted by molar-refractivity contribution is 6.27.